The van der Waals surface area contributed by atoms with E-state index in [0.717, 1.165) is 28.6 Å². The summed E-state index contributed by atoms with van der Waals surface area (Å²) >= 11 is 5.63. The number of hydrogen-bond acceptors (Lipinski definition) is 4. The molecule has 0 spiro atoms. The van der Waals surface area contributed by atoms with Crippen molar-refractivity contribution in [2.24, 2.45) is 0 Å². The number of nitrogens with one attached hydrogen (secondary N) is 1. The zero-order valence-electron chi connectivity index (χ0n) is 17.6. The van der Waals surface area contributed by atoms with Crippen LogP contribution in [0.1, 0.15) is 36.4 Å². The predicted molar refractivity (Wildman–Crippen MR) is 120 cm³/mol. The Morgan fingerprint density at radius 2 is 1.84 bits per heavy atom. The lowest BCUT2D eigenvalue weighted by Gasteiger charge is -2.10. The van der Waals surface area contributed by atoms with Crippen LogP contribution in [0.3, 0.4) is 0 Å². The average molecular weight is 480 g/mol. The molecule has 3 rings (SSSR count). The highest BCUT2D eigenvalue weighted by Gasteiger charge is 2.19. The molecule has 170 valence electrons. The smallest absolute Gasteiger partial charge is 0.307 e. The molecule has 0 radical (unpaired) electrons. The van der Waals surface area contributed by atoms with Gasteiger partial charge < -0.3 is 5.11 Å². The lowest BCUT2D eigenvalue weighted by Crippen LogP contribution is -2.13. The minimum Gasteiger partial charge on any atom is -0.481 e. The maximum atomic E-state index is 13.6. The molecule has 3 aromatic rings. The van der Waals surface area contributed by atoms with E-state index in [1.54, 1.807) is 16.8 Å². The van der Waals surface area contributed by atoms with Gasteiger partial charge in [-0.2, -0.15) is 5.10 Å². The first-order valence-electron chi connectivity index (χ1n) is 10.0. The molecule has 2 N–H and O–H groups in total. The maximum absolute atomic E-state index is 13.6. The summed E-state index contributed by atoms with van der Waals surface area (Å²) in [6.45, 7) is 4.25. The maximum Gasteiger partial charge on any atom is 0.307 e. The van der Waals surface area contributed by atoms with Crippen LogP contribution in [0.4, 0.5) is 10.1 Å². The van der Waals surface area contributed by atoms with Crippen molar-refractivity contribution in [3.05, 3.63) is 75.8 Å². The SMILES string of the molecule is CCc1nn(Cc2ccc(S(=O)(=O)Nc3ccc(Cl)c(F)c3)cc2)c(CC)c1CC(=O)O. The molecule has 32 heavy (non-hydrogen) atoms. The Kier molecular flexibility index (Phi) is 7.20. The number of carbonyl (C=O) groups is 1. The van der Waals surface area contributed by atoms with E-state index in [0.29, 0.717) is 19.4 Å². The summed E-state index contributed by atoms with van der Waals surface area (Å²) in [7, 11) is -3.91. The van der Waals surface area contributed by atoms with Crippen molar-refractivity contribution in [2.75, 3.05) is 4.72 Å². The van der Waals surface area contributed by atoms with Gasteiger partial charge in [0.1, 0.15) is 5.82 Å². The fourth-order valence-electron chi connectivity index (χ4n) is 3.48. The molecule has 10 heteroatoms. The van der Waals surface area contributed by atoms with E-state index < -0.39 is 21.8 Å². The number of sulfonamides is 1. The van der Waals surface area contributed by atoms with Crippen molar-refractivity contribution in [2.45, 2.75) is 44.6 Å². The van der Waals surface area contributed by atoms with Gasteiger partial charge in [0.2, 0.25) is 0 Å². The van der Waals surface area contributed by atoms with Crippen LogP contribution < -0.4 is 4.72 Å². The van der Waals surface area contributed by atoms with Gasteiger partial charge in [-0.15, -0.1) is 0 Å². The molecule has 0 bridgehead atoms. The summed E-state index contributed by atoms with van der Waals surface area (Å²) in [6.07, 6.45) is 1.17. The number of benzene rings is 2. The zero-order chi connectivity index (χ0) is 23.5. The van der Waals surface area contributed by atoms with Gasteiger partial charge in [-0.05, 0) is 48.7 Å². The number of halogens is 2. The largest absolute Gasteiger partial charge is 0.481 e. The van der Waals surface area contributed by atoms with Gasteiger partial charge in [0.15, 0.2) is 0 Å². The summed E-state index contributed by atoms with van der Waals surface area (Å²) in [6, 6.07) is 9.91. The molecule has 1 heterocycles. The number of carboxylic acid groups (broad SMARTS) is 1. The van der Waals surface area contributed by atoms with Crippen LogP contribution in [-0.4, -0.2) is 29.3 Å². The highest BCUT2D eigenvalue weighted by molar-refractivity contribution is 7.92. The molecule has 0 amide bonds. The highest BCUT2D eigenvalue weighted by Crippen LogP contribution is 2.23. The van der Waals surface area contributed by atoms with Gasteiger partial charge in [0, 0.05) is 11.3 Å². The van der Waals surface area contributed by atoms with Crippen LogP contribution >= 0.6 is 11.6 Å². The third-order valence-corrected chi connectivity index (χ3v) is 6.69. The van der Waals surface area contributed by atoms with E-state index in [-0.39, 0.29) is 22.0 Å². The van der Waals surface area contributed by atoms with Crippen LogP contribution in [0.5, 0.6) is 0 Å². The molecular weight excluding hydrogens is 457 g/mol. The number of rotatable bonds is 9. The fraction of sp³-hybridized carbons (Fsp3) is 0.273. The molecule has 7 nitrogen and oxygen atoms in total. The van der Waals surface area contributed by atoms with Crippen LogP contribution in [0, 0.1) is 5.82 Å². The Hall–Kier alpha value is -2.91. The molecule has 0 aliphatic carbocycles. The molecule has 0 fully saturated rings. The Bertz CT molecular complexity index is 1240. The average Bonchev–Trinajstić information content (AvgIpc) is 3.06. The van der Waals surface area contributed by atoms with Crippen LogP contribution in [0.2, 0.25) is 5.02 Å². The van der Waals surface area contributed by atoms with Crippen molar-refractivity contribution in [3.8, 4) is 0 Å². The fourth-order valence-corrected chi connectivity index (χ4v) is 4.64. The molecule has 0 saturated carbocycles. The molecule has 0 saturated heterocycles. The second-order valence-electron chi connectivity index (χ2n) is 7.19. The lowest BCUT2D eigenvalue weighted by molar-refractivity contribution is -0.136. The molecule has 0 aliphatic rings. The van der Waals surface area contributed by atoms with Gasteiger partial charge in [0.05, 0.1) is 34.3 Å². The predicted octanol–water partition coefficient (Wildman–Crippen LogP) is 4.28. The standard InChI is InChI=1S/C22H23ClFN3O4S/c1-3-20-17(12-22(28)29)21(4-2)27(25-20)13-14-5-8-16(9-6-14)32(30,31)26-15-7-10-18(23)19(24)11-15/h5-11,26H,3-4,12-13H2,1-2H3,(H,28,29). The van der Waals surface area contributed by atoms with E-state index in [4.69, 9.17) is 11.6 Å². The summed E-state index contributed by atoms with van der Waals surface area (Å²) in [5.74, 6) is -1.63. The van der Waals surface area contributed by atoms with Crippen molar-refractivity contribution in [3.63, 3.8) is 0 Å². The molecule has 0 aliphatic heterocycles. The van der Waals surface area contributed by atoms with Crippen LogP contribution in [0.25, 0.3) is 0 Å². The molecular formula is C22H23ClFN3O4S. The van der Waals surface area contributed by atoms with Crippen LogP contribution in [0.15, 0.2) is 47.4 Å². The first kappa shape index (κ1) is 23.7. The topological polar surface area (TPSA) is 101 Å². The minimum atomic E-state index is -3.91. The van der Waals surface area contributed by atoms with Crippen molar-refractivity contribution >= 4 is 33.3 Å². The highest BCUT2D eigenvalue weighted by atomic mass is 35.5. The third-order valence-electron chi connectivity index (χ3n) is 4.99. The van der Waals surface area contributed by atoms with E-state index in [2.05, 4.69) is 9.82 Å². The molecule has 1 aromatic heterocycles. The van der Waals surface area contributed by atoms with Gasteiger partial charge in [-0.3, -0.25) is 14.2 Å². The number of nitrogens with zero attached hydrogens (tertiary/aromatic N) is 2. The summed E-state index contributed by atoms with van der Waals surface area (Å²) in [5.41, 5.74) is 3.22. The minimum absolute atomic E-state index is 0.0219. The quantitative estimate of drug-likeness (QED) is 0.477. The first-order chi connectivity index (χ1) is 15.1. The number of aromatic nitrogens is 2. The molecule has 2 aromatic carbocycles. The van der Waals surface area contributed by atoms with Gasteiger partial charge in [0.25, 0.3) is 10.0 Å². The molecule has 0 unspecified atom stereocenters. The van der Waals surface area contributed by atoms with Gasteiger partial charge in [-0.1, -0.05) is 37.6 Å². The normalized spacial score (nSPS) is 11.5. The number of aliphatic carboxylic acids is 1. The molecule has 0 atom stereocenters. The van der Waals surface area contributed by atoms with E-state index in [9.17, 15) is 22.7 Å². The first-order valence-corrected chi connectivity index (χ1v) is 11.9. The Morgan fingerprint density at radius 3 is 2.41 bits per heavy atom. The van der Waals surface area contributed by atoms with E-state index in [1.165, 1.54) is 24.3 Å². The second kappa shape index (κ2) is 9.70. The Balaban J connectivity index is 1.82. The number of carboxylic acids is 1. The summed E-state index contributed by atoms with van der Waals surface area (Å²) < 4.78 is 42.9. The van der Waals surface area contributed by atoms with Crippen molar-refractivity contribution in [1.29, 1.82) is 0 Å². The lowest BCUT2D eigenvalue weighted by atomic mass is 10.1. The van der Waals surface area contributed by atoms with E-state index in [1.807, 2.05) is 13.8 Å². The second-order valence-corrected chi connectivity index (χ2v) is 9.28. The summed E-state index contributed by atoms with van der Waals surface area (Å²) in [5, 5.41) is 13.7. The number of hydrogen-bond donors (Lipinski definition) is 2. The number of aryl methyl sites for hydroxylation is 1. The van der Waals surface area contributed by atoms with Gasteiger partial charge in [-0.25, -0.2) is 12.8 Å². The Morgan fingerprint density at radius 1 is 1.16 bits per heavy atom. The van der Waals surface area contributed by atoms with Crippen molar-refractivity contribution < 1.29 is 22.7 Å². The van der Waals surface area contributed by atoms with E-state index >= 15 is 0 Å². The van der Waals surface area contributed by atoms with Gasteiger partial charge >= 0.3 is 5.97 Å². The third kappa shape index (κ3) is 5.28. The Labute approximate surface area is 190 Å². The van der Waals surface area contributed by atoms with Crippen LogP contribution in [-0.2, 0) is 40.6 Å². The number of anilines is 1. The summed E-state index contributed by atoms with van der Waals surface area (Å²) in [4.78, 5) is 11.3. The monoisotopic (exact) mass is 479 g/mol. The van der Waals surface area contributed by atoms with Crippen molar-refractivity contribution in [1.82, 2.24) is 9.78 Å². The zero-order valence-corrected chi connectivity index (χ0v) is 19.2.